The third kappa shape index (κ3) is 7.18. The van der Waals surface area contributed by atoms with Gasteiger partial charge in [0.2, 0.25) is 0 Å². The molecule has 0 amide bonds. The monoisotopic (exact) mass is 522 g/mol. The van der Waals surface area contributed by atoms with Crippen LogP contribution in [-0.2, 0) is 25.2 Å². The van der Waals surface area contributed by atoms with Gasteiger partial charge in [0, 0.05) is 23.6 Å². The molecule has 1 aliphatic rings. The molecule has 38 heavy (non-hydrogen) atoms. The molecule has 3 rings (SSSR count). The van der Waals surface area contributed by atoms with E-state index in [0.29, 0.717) is 19.6 Å². The summed E-state index contributed by atoms with van der Waals surface area (Å²) in [5.41, 5.74) is 5.35. The third-order valence-electron chi connectivity index (χ3n) is 7.46. The first-order valence-electron chi connectivity index (χ1n) is 13.6. The number of methoxy groups -OCH3 is 1. The average Bonchev–Trinajstić information content (AvgIpc) is 2.87. The van der Waals surface area contributed by atoms with E-state index in [2.05, 4.69) is 39.8 Å². The summed E-state index contributed by atoms with van der Waals surface area (Å²) in [6, 6.07) is 10.3. The van der Waals surface area contributed by atoms with Gasteiger partial charge < -0.3 is 19.3 Å². The summed E-state index contributed by atoms with van der Waals surface area (Å²) >= 11 is 0. The van der Waals surface area contributed by atoms with Crippen LogP contribution < -0.4 is 9.47 Å². The predicted molar refractivity (Wildman–Crippen MR) is 151 cm³/mol. The number of carbonyl (C=O) groups is 2. The van der Waals surface area contributed by atoms with E-state index in [9.17, 15) is 9.59 Å². The van der Waals surface area contributed by atoms with Crippen molar-refractivity contribution < 1.29 is 28.9 Å². The van der Waals surface area contributed by atoms with Gasteiger partial charge in [-0.05, 0) is 96.9 Å². The molecule has 0 saturated carbocycles. The number of ether oxygens (including phenoxy) is 3. The quantitative estimate of drug-likeness (QED) is 0.179. The average molecular weight is 523 g/mol. The first-order valence-corrected chi connectivity index (χ1v) is 13.6. The minimum atomic E-state index is -0.767. The lowest BCUT2D eigenvalue weighted by Gasteiger charge is -2.42. The van der Waals surface area contributed by atoms with Crippen molar-refractivity contribution in [3.8, 4) is 22.6 Å². The fraction of sp³-hybridized carbons (Fsp3) is 0.500. The van der Waals surface area contributed by atoms with Gasteiger partial charge in [-0.3, -0.25) is 4.79 Å². The van der Waals surface area contributed by atoms with E-state index in [1.54, 1.807) is 20.1 Å². The van der Waals surface area contributed by atoms with Crippen LogP contribution in [0.15, 0.2) is 36.4 Å². The number of hydrogen-bond acceptors (Lipinski definition) is 5. The van der Waals surface area contributed by atoms with Crippen molar-refractivity contribution in [1.29, 1.82) is 0 Å². The molecule has 1 N–H and O–H groups in total. The number of benzene rings is 2. The highest BCUT2D eigenvalue weighted by Crippen LogP contribution is 2.50. The van der Waals surface area contributed by atoms with Crippen LogP contribution in [0.25, 0.3) is 17.2 Å². The molecule has 0 heterocycles. The van der Waals surface area contributed by atoms with Gasteiger partial charge in [0.05, 0.1) is 20.3 Å². The summed E-state index contributed by atoms with van der Waals surface area (Å²) in [6.07, 6.45) is 7.75. The summed E-state index contributed by atoms with van der Waals surface area (Å²) in [6.45, 7) is 11.8. The van der Waals surface area contributed by atoms with E-state index < -0.39 is 5.97 Å². The minimum absolute atomic E-state index is 0.0175. The Morgan fingerprint density at radius 3 is 2.21 bits per heavy atom. The molecule has 1 aliphatic carbocycles. The van der Waals surface area contributed by atoms with Crippen molar-refractivity contribution in [2.24, 2.45) is 0 Å². The maximum Gasteiger partial charge on any atom is 0.330 e. The zero-order valence-corrected chi connectivity index (χ0v) is 23.7. The first kappa shape index (κ1) is 29.3. The number of unbranched alkanes of at least 4 members (excludes halogenated alkanes) is 2. The lowest BCUT2D eigenvalue weighted by molar-refractivity contribution is -0.138. The van der Waals surface area contributed by atoms with Gasteiger partial charge in [-0.15, -0.1) is 0 Å². The summed E-state index contributed by atoms with van der Waals surface area (Å²) in [7, 11) is 1.65. The van der Waals surface area contributed by atoms with Crippen molar-refractivity contribution in [2.75, 3.05) is 20.3 Å². The molecule has 0 unspecified atom stereocenters. The van der Waals surface area contributed by atoms with Crippen LogP contribution in [0, 0.1) is 0 Å². The van der Waals surface area contributed by atoms with E-state index in [1.807, 2.05) is 18.2 Å². The van der Waals surface area contributed by atoms with Crippen LogP contribution in [0.5, 0.6) is 11.5 Å². The summed E-state index contributed by atoms with van der Waals surface area (Å²) < 4.78 is 17.2. The number of aliphatic carboxylic acids is 1. The number of carboxylic acids is 1. The largest absolute Gasteiger partial charge is 0.496 e. The highest BCUT2D eigenvalue weighted by atomic mass is 16.5. The maximum absolute atomic E-state index is 11.9. The molecule has 6 nitrogen and oxygen atoms in total. The zero-order valence-electron chi connectivity index (χ0n) is 23.7. The Morgan fingerprint density at radius 2 is 1.58 bits per heavy atom. The fourth-order valence-electron chi connectivity index (χ4n) is 5.06. The first-order chi connectivity index (χ1) is 18.0. The Morgan fingerprint density at radius 1 is 0.921 bits per heavy atom. The highest BCUT2D eigenvalue weighted by Gasteiger charge is 2.38. The van der Waals surface area contributed by atoms with E-state index in [0.717, 1.165) is 53.9 Å². The molecule has 2 aromatic carbocycles. The Kier molecular flexibility index (Phi) is 9.64. The standard InChI is InChI=1S/C32H42O6/c1-7-37-30(35)15-13-22-12-14-27(36-6)23(19-22)24-20-25-26(32(4,5)17-16-31(25,2)3)21-28(24)38-18-10-8-9-11-29(33)34/h12-15,19-21H,7-11,16-18H2,1-6H3,(H,33,34). The van der Waals surface area contributed by atoms with Crippen LogP contribution in [0.2, 0.25) is 0 Å². The third-order valence-corrected chi connectivity index (χ3v) is 7.46. The van der Waals surface area contributed by atoms with Gasteiger partial charge in [0.15, 0.2) is 0 Å². The second-order valence-electron chi connectivity index (χ2n) is 11.3. The highest BCUT2D eigenvalue weighted by molar-refractivity contribution is 5.88. The second kappa shape index (κ2) is 12.5. The summed E-state index contributed by atoms with van der Waals surface area (Å²) in [5.74, 6) is 0.362. The molecule has 6 heteroatoms. The topological polar surface area (TPSA) is 82.1 Å². The molecule has 2 aromatic rings. The number of hydrogen-bond donors (Lipinski definition) is 1. The number of rotatable bonds is 12. The number of esters is 1. The molecule has 206 valence electrons. The van der Waals surface area contributed by atoms with Crippen molar-refractivity contribution in [3.05, 3.63) is 53.1 Å². The van der Waals surface area contributed by atoms with Gasteiger partial charge in [0.25, 0.3) is 0 Å². The summed E-state index contributed by atoms with van der Waals surface area (Å²) in [4.78, 5) is 22.7. The van der Waals surface area contributed by atoms with Crippen LogP contribution in [0.1, 0.15) is 89.8 Å². The maximum atomic E-state index is 11.9. The molecular weight excluding hydrogens is 480 g/mol. The molecule has 0 aliphatic heterocycles. The van der Waals surface area contributed by atoms with Crippen molar-refractivity contribution in [3.63, 3.8) is 0 Å². The van der Waals surface area contributed by atoms with Crippen molar-refractivity contribution in [2.45, 2.75) is 84.0 Å². The molecule has 0 fully saturated rings. The van der Waals surface area contributed by atoms with Gasteiger partial charge in [0.1, 0.15) is 11.5 Å². The Labute approximate surface area is 227 Å². The predicted octanol–water partition coefficient (Wildman–Crippen LogP) is 7.31. The normalized spacial score (nSPS) is 15.6. The molecule has 0 spiro atoms. The SMILES string of the molecule is CCOC(=O)C=Cc1ccc(OC)c(-c2cc3c(cc2OCCCCCC(=O)O)C(C)(C)CCC3(C)C)c1. The van der Waals surface area contributed by atoms with E-state index >= 15 is 0 Å². The summed E-state index contributed by atoms with van der Waals surface area (Å²) in [5, 5.41) is 8.91. The van der Waals surface area contributed by atoms with Gasteiger partial charge in [-0.1, -0.05) is 33.8 Å². The van der Waals surface area contributed by atoms with Crippen LogP contribution in [-0.4, -0.2) is 37.4 Å². The molecular formula is C32H42O6. The lowest BCUT2D eigenvalue weighted by Crippen LogP contribution is -2.34. The van der Waals surface area contributed by atoms with E-state index in [4.69, 9.17) is 19.3 Å². The van der Waals surface area contributed by atoms with Gasteiger partial charge >= 0.3 is 11.9 Å². The smallest absolute Gasteiger partial charge is 0.330 e. The number of fused-ring (bicyclic) bond motifs is 1. The molecule has 0 aromatic heterocycles. The lowest BCUT2D eigenvalue weighted by atomic mass is 9.62. The minimum Gasteiger partial charge on any atom is -0.496 e. The van der Waals surface area contributed by atoms with Crippen molar-refractivity contribution in [1.82, 2.24) is 0 Å². The van der Waals surface area contributed by atoms with E-state index in [1.165, 1.54) is 17.2 Å². The van der Waals surface area contributed by atoms with Crippen LogP contribution in [0.3, 0.4) is 0 Å². The van der Waals surface area contributed by atoms with E-state index in [-0.39, 0.29) is 23.2 Å². The Balaban J connectivity index is 2.06. The van der Waals surface area contributed by atoms with Crippen LogP contribution >= 0.6 is 0 Å². The molecule has 0 radical (unpaired) electrons. The Bertz CT molecular complexity index is 1170. The van der Waals surface area contributed by atoms with Gasteiger partial charge in [-0.25, -0.2) is 4.79 Å². The van der Waals surface area contributed by atoms with Crippen LogP contribution in [0.4, 0.5) is 0 Å². The second-order valence-corrected chi connectivity index (χ2v) is 11.3. The van der Waals surface area contributed by atoms with Crippen molar-refractivity contribution >= 4 is 18.0 Å². The number of carbonyl (C=O) groups excluding carboxylic acids is 1. The zero-order chi connectivity index (χ0) is 27.9. The fourth-order valence-corrected chi connectivity index (χ4v) is 5.06. The Hall–Kier alpha value is -3.28. The number of carboxylic acid groups (broad SMARTS) is 1. The molecule has 0 saturated heterocycles. The molecule has 0 atom stereocenters. The molecule has 0 bridgehead atoms. The van der Waals surface area contributed by atoms with Gasteiger partial charge in [-0.2, -0.15) is 0 Å².